The van der Waals surface area contributed by atoms with E-state index in [1.165, 1.54) is 122 Å². The molecule has 5 heteroatoms. The summed E-state index contributed by atoms with van der Waals surface area (Å²) in [4.78, 5) is 24.3. The van der Waals surface area contributed by atoms with E-state index >= 15 is 0 Å². The van der Waals surface area contributed by atoms with Gasteiger partial charge in [-0.3, -0.25) is 9.59 Å². The lowest BCUT2D eigenvalue weighted by atomic mass is 10.0. The van der Waals surface area contributed by atoms with Gasteiger partial charge in [-0.1, -0.05) is 185 Å². The molecule has 0 aliphatic rings. The third-order valence-electron chi connectivity index (χ3n) is 9.19. The van der Waals surface area contributed by atoms with Crippen molar-refractivity contribution in [2.75, 3.05) is 13.2 Å². The molecule has 0 aromatic heterocycles. The van der Waals surface area contributed by atoms with Crippen LogP contribution >= 0.6 is 0 Å². The Balaban J connectivity index is 3.56. The fourth-order valence-corrected chi connectivity index (χ4v) is 5.97. The van der Waals surface area contributed by atoms with E-state index in [9.17, 15) is 14.7 Å². The molecule has 0 aromatic rings. The Morgan fingerprint density at radius 1 is 0.469 bits per heavy atom. The van der Waals surface area contributed by atoms with E-state index in [1.807, 2.05) is 0 Å². The molecule has 0 fully saturated rings. The summed E-state index contributed by atoms with van der Waals surface area (Å²) in [7, 11) is 0. The molecule has 0 bridgehead atoms. The van der Waals surface area contributed by atoms with Crippen molar-refractivity contribution in [2.45, 2.75) is 219 Å². The predicted octanol–water partition coefficient (Wildman–Crippen LogP) is 13.2. The minimum absolute atomic E-state index is 0.0720. The number of ether oxygens (including phenoxy) is 2. The summed E-state index contributed by atoms with van der Waals surface area (Å²) in [6.07, 6.45) is 49.2. The summed E-state index contributed by atoms with van der Waals surface area (Å²) in [6.45, 7) is 4.11. The Hall–Kier alpha value is -1.88. The summed E-state index contributed by atoms with van der Waals surface area (Å²) in [6, 6.07) is 0. The number of hydrogen-bond donors (Lipinski definition) is 1. The molecule has 0 unspecified atom stereocenters. The lowest BCUT2D eigenvalue weighted by Gasteiger charge is -2.15. The maximum atomic E-state index is 12.2. The van der Waals surface area contributed by atoms with Crippen LogP contribution in [-0.4, -0.2) is 36.4 Å². The topological polar surface area (TPSA) is 72.8 Å². The molecule has 286 valence electrons. The highest BCUT2D eigenvalue weighted by molar-refractivity contribution is 5.70. The molecule has 0 saturated heterocycles. The van der Waals surface area contributed by atoms with Crippen LogP contribution in [0.1, 0.15) is 213 Å². The van der Waals surface area contributed by atoms with Gasteiger partial charge in [0.05, 0.1) is 6.61 Å². The van der Waals surface area contributed by atoms with Gasteiger partial charge < -0.3 is 14.6 Å². The fourth-order valence-electron chi connectivity index (χ4n) is 5.97. The highest BCUT2D eigenvalue weighted by Crippen LogP contribution is 2.15. The summed E-state index contributed by atoms with van der Waals surface area (Å²) >= 11 is 0. The Morgan fingerprint density at radius 2 is 0.816 bits per heavy atom. The second-order valence-corrected chi connectivity index (χ2v) is 14.1. The number of aliphatic hydroxyl groups is 1. The summed E-state index contributed by atoms with van der Waals surface area (Å²) < 4.78 is 10.6. The molecular weight excluding hydrogens is 608 g/mol. The Kier molecular flexibility index (Phi) is 39.0. The van der Waals surface area contributed by atoms with E-state index in [2.05, 4.69) is 50.3 Å². The van der Waals surface area contributed by atoms with Crippen molar-refractivity contribution in [1.82, 2.24) is 0 Å². The van der Waals surface area contributed by atoms with Gasteiger partial charge >= 0.3 is 11.9 Å². The maximum Gasteiger partial charge on any atom is 0.306 e. The third-order valence-corrected chi connectivity index (χ3v) is 9.19. The number of esters is 2. The van der Waals surface area contributed by atoms with Gasteiger partial charge in [0, 0.05) is 12.8 Å². The van der Waals surface area contributed by atoms with E-state index in [0.717, 1.165) is 64.2 Å². The molecule has 0 rings (SSSR count). The molecule has 0 aromatic carbocycles. The molecule has 5 nitrogen and oxygen atoms in total. The van der Waals surface area contributed by atoms with Gasteiger partial charge in [-0.2, -0.15) is 0 Å². The normalized spacial score (nSPS) is 12.5. The smallest absolute Gasteiger partial charge is 0.306 e. The number of allylic oxidation sites excluding steroid dienone is 6. The third kappa shape index (κ3) is 38.8. The van der Waals surface area contributed by atoms with Crippen molar-refractivity contribution in [2.24, 2.45) is 0 Å². The van der Waals surface area contributed by atoms with Crippen molar-refractivity contribution in [1.29, 1.82) is 0 Å². The van der Waals surface area contributed by atoms with E-state index in [-0.39, 0.29) is 25.2 Å². The highest BCUT2D eigenvalue weighted by Gasteiger charge is 2.16. The Morgan fingerprint density at radius 3 is 1.27 bits per heavy atom. The average Bonchev–Trinajstić information content (AvgIpc) is 3.10. The Bertz CT molecular complexity index is 786. The Labute approximate surface area is 304 Å². The maximum absolute atomic E-state index is 12.2. The second kappa shape index (κ2) is 40.5. The first-order chi connectivity index (χ1) is 24.1. The lowest BCUT2D eigenvalue weighted by Crippen LogP contribution is -2.28. The van der Waals surface area contributed by atoms with Crippen LogP contribution in [0.25, 0.3) is 0 Å². The van der Waals surface area contributed by atoms with Crippen molar-refractivity contribution in [3.63, 3.8) is 0 Å². The number of aliphatic hydroxyl groups excluding tert-OH is 1. The van der Waals surface area contributed by atoms with Gasteiger partial charge in [0.15, 0.2) is 6.10 Å². The number of rotatable bonds is 38. The van der Waals surface area contributed by atoms with Gasteiger partial charge in [-0.25, -0.2) is 0 Å². The number of hydrogen-bond acceptors (Lipinski definition) is 5. The zero-order valence-electron chi connectivity index (χ0n) is 32.5. The van der Waals surface area contributed by atoms with Crippen LogP contribution in [0.15, 0.2) is 36.5 Å². The van der Waals surface area contributed by atoms with Crippen LogP contribution < -0.4 is 0 Å². The average molecular weight is 689 g/mol. The van der Waals surface area contributed by atoms with Crippen LogP contribution in [0.3, 0.4) is 0 Å². The molecular formula is C44H80O5. The highest BCUT2D eigenvalue weighted by atomic mass is 16.6. The number of unbranched alkanes of at least 4 members (excludes halogenated alkanes) is 24. The van der Waals surface area contributed by atoms with E-state index in [1.54, 1.807) is 0 Å². The molecule has 49 heavy (non-hydrogen) atoms. The zero-order chi connectivity index (χ0) is 35.7. The van der Waals surface area contributed by atoms with Gasteiger partial charge in [0.25, 0.3) is 0 Å². The lowest BCUT2D eigenvalue weighted by molar-refractivity contribution is -0.161. The standard InChI is InChI=1S/C44H80O5/c1-3-5-7-9-11-13-15-17-19-21-23-24-26-28-30-32-34-36-38-43(46)48-41-42(40-45)49-44(47)39-37-35-33-31-29-27-25-22-20-18-16-14-12-10-8-6-4-2/h12,14,18,20,25,27,42,45H,3-11,13,15-17,19,21-24,26,28-41H2,1-2H3/b14-12+,20-18+,27-25+/t42-/m0/s1. The minimum Gasteiger partial charge on any atom is -0.462 e. The van der Waals surface area contributed by atoms with Crippen LogP contribution in [-0.2, 0) is 19.1 Å². The molecule has 1 atom stereocenters. The van der Waals surface area contributed by atoms with Crippen LogP contribution in [0.2, 0.25) is 0 Å². The largest absolute Gasteiger partial charge is 0.462 e. The number of carbonyl (C=O) groups excluding carboxylic acids is 2. The van der Waals surface area contributed by atoms with Crippen molar-refractivity contribution < 1.29 is 24.2 Å². The van der Waals surface area contributed by atoms with Crippen molar-refractivity contribution in [3.05, 3.63) is 36.5 Å². The molecule has 0 saturated carbocycles. The van der Waals surface area contributed by atoms with E-state index in [4.69, 9.17) is 9.47 Å². The van der Waals surface area contributed by atoms with Gasteiger partial charge in [0.1, 0.15) is 6.61 Å². The second-order valence-electron chi connectivity index (χ2n) is 14.1. The summed E-state index contributed by atoms with van der Waals surface area (Å²) in [5.74, 6) is -0.609. The van der Waals surface area contributed by atoms with Crippen LogP contribution in [0.5, 0.6) is 0 Å². The molecule has 0 amide bonds. The van der Waals surface area contributed by atoms with Crippen molar-refractivity contribution >= 4 is 11.9 Å². The molecule has 0 heterocycles. The van der Waals surface area contributed by atoms with E-state index in [0.29, 0.717) is 12.8 Å². The quantitative estimate of drug-likeness (QED) is 0.0397. The summed E-state index contributed by atoms with van der Waals surface area (Å²) in [5.41, 5.74) is 0. The summed E-state index contributed by atoms with van der Waals surface area (Å²) in [5, 5.41) is 9.56. The van der Waals surface area contributed by atoms with Crippen molar-refractivity contribution in [3.8, 4) is 0 Å². The first-order valence-electron chi connectivity index (χ1n) is 21.0. The van der Waals surface area contributed by atoms with Gasteiger partial charge in [-0.05, 0) is 51.4 Å². The molecule has 0 aliphatic heterocycles. The molecule has 1 N–H and O–H groups in total. The van der Waals surface area contributed by atoms with Gasteiger partial charge in [-0.15, -0.1) is 0 Å². The van der Waals surface area contributed by atoms with E-state index < -0.39 is 6.10 Å². The predicted molar refractivity (Wildman–Crippen MR) is 210 cm³/mol. The monoisotopic (exact) mass is 689 g/mol. The molecule has 0 radical (unpaired) electrons. The minimum atomic E-state index is -0.780. The van der Waals surface area contributed by atoms with Crippen LogP contribution in [0, 0.1) is 0 Å². The SMILES string of the molecule is CCCCC/C=C/C/C=C/C/C=C/CCCCCCC(=O)O[C@@H](CO)COC(=O)CCCCCCCCCCCCCCCCCCCC. The van der Waals surface area contributed by atoms with Crippen LogP contribution in [0.4, 0.5) is 0 Å². The zero-order valence-corrected chi connectivity index (χ0v) is 32.5. The fraction of sp³-hybridized carbons (Fsp3) is 0.818. The molecule has 0 spiro atoms. The first-order valence-corrected chi connectivity index (χ1v) is 21.0. The van der Waals surface area contributed by atoms with Gasteiger partial charge in [0.2, 0.25) is 0 Å². The molecule has 0 aliphatic carbocycles. The number of carbonyl (C=O) groups is 2. The first kappa shape index (κ1) is 47.1.